The van der Waals surface area contributed by atoms with Crippen molar-refractivity contribution >= 4 is 5.97 Å². The molecule has 0 atom stereocenters. The number of benzene rings is 1. The van der Waals surface area contributed by atoms with Crippen LogP contribution >= 0.6 is 0 Å². The van der Waals surface area contributed by atoms with Crippen molar-refractivity contribution in [3.8, 4) is 22.5 Å². The highest BCUT2D eigenvalue weighted by Gasteiger charge is 2.22. The summed E-state index contributed by atoms with van der Waals surface area (Å²) >= 11 is 0. The van der Waals surface area contributed by atoms with E-state index in [0.29, 0.717) is 29.1 Å². The molecular formula is C19H17FN6O2. The normalized spacial score (nSPS) is 11.1. The summed E-state index contributed by atoms with van der Waals surface area (Å²) in [4.78, 5) is 16.1. The highest BCUT2D eigenvalue weighted by molar-refractivity contribution is 5.95. The van der Waals surface area contributed by atoms with E-state index in [9.17, 15) is 14.3 Å². The van der Waals surface area contributed by atoms with Crippen LogP contribution in [0.1, 0.15) is 23.0 Å². The summed E-state index contributed by atoms with van der Waals surface area (Å²) in [7, 11) is 0. The molecule has 0 aliphatic rings. The van der Waals surface area contributed by atoms with E-state index in [1.165, 1.54) is 18.3 Å². The molecule has 0 aliphatic heterocycles. The highest BCUT2D eigenvalue weighted by atomic mass is 19.1. The third kappa shape index (κ3) is 3.18. The van der Waals surface area contributed by atoms with Crippen molar-refractivity contribution < 1.29 is 14.3 Å². The van der Waals surface area contributed by atoms with Crippen LogP contribution in [0, 0.1) is 5.82 Å². The van der Waals surface area contributed by atoms with E-state index < -0.39 is 5.97 Å². The minimum absolute atomic E-state index is 0.0330. The van der Waals surface area contributed by atoms with E-state index in [0.717, 1.165) is 12.1 Å². The minimum atomic E-state index is -1.12. The van der Waals surface area contributed by atoms with Crippen LogP contribution in [0.2, 0.25) is 0 Å². The summed E-state index contributed by atoms with van der Waals surface area (Å²) in [5.41, 5.74) is 3.14. The van der Waals surface area contributed by atoms with Crippen molar-refractivity contribution in [2.75, 3.05) is 0 Å². The standard InChI is InChI=1S/C19H17FN6O2/c1-2-26-10-12(7-23-26)9-25-11-21-16(13-3-5-14(20)6-4-13)18(25)15-8-22-24-17(15)19(27)28/h3-8,10-11H,2,9H2,1H3,(H,22,24)(H,27,28). The number of hydrogen-bond donors (Lipinski definition) is 2. The Bertz CT molecular complexity index is 1130. The molecule has 4 aromatic rings. The van der Waals surface area contributed by atoms with Gasteiger partial charge in [0.15, 0.2) is 5.69 Å². The number of H-pyrrole nitrogens is 1. The molecule has 0 bridgehead atoms. The lowest BCUT2D eigenvalue weighted by Crippen LogP contribution is -2.04. The second-order valence-electron chi connectivity index (χ2n) is 6.24. The second kappa shape index (κ2) is 7.10. The minimum Gasteiger partial charge on any atom is -0.477 e. The summed E-state index contributed by atoms with van der Waals surface area (Å²) in [6.07, 6.45) is 6.78. The SMILES string of the molecule is CCn1cc(Cn2cnc(-c3ccc(F)cc3)c2-c2cn[nH]c2C(=O)O)cn1. The van der Waals surface area contributed by atoms with E-state index in [2.05, 4.69) is 20.3 Å². The van der Waals surface area contributed by atoms with Crippen molar-refractivity contribution in [1.29, 1.82) is 0 Å². The molecule has 0 spiro atoms. The van der Waals surface area contributed by atoms with Gasteiger partial charge >= 0.3 is 5.97 Å². The first-order valence-corrected chi connectivity index (χ1v) is 8.66. The number of carboxylic acid groups (broad SMARTS) is 1. The lowest BCUT2D eigenvalue weighted by atomic mass is 10.0. The third-order valence-electron chi connectivity index (χ3n) is 4.43. The fourth-order valence-electron chi connectivity index (χ4n) is 3.09. The Hall–Kier alpha value is -3.75. The molecule has 0 radical (unpaired) electrons. The molecule has 8 nitrogen and oxygen atoms in total. The topological polar surface area (TPSA) is 102 Å². The number of aromatic amines is 1. The number of carboxylic acids is 1. The van der Waals surface area contributed by atoms with Gasteiger partial charge in [-0.25, -0.2) is 14.2 Å². The summed E-state index contributed by atoms with van der Waals surface area (Å²) < 4.78 is 17.0. The number of aromatic carboxylic acids is 1. The average molecular weight is 380 g/mol. The second-order valence-corrected chi connectivity index (χ2v) is 6.24. The first-order chi connectivity index (χ1) is 13.6. The number of rotatable bonds is 6. The molecule has 142 valence electrons. The van der Waals surface area contributed by atoms with Crippen LogP contribution in [0.15, 0.2) is 49.2 Å². The molecule has 9 heteroatoms. The van der Waals surface area contributed by atoms with Crippen molar-refractivity contribution in [2.45, 2.75) is 20.0 Å². The monoisotopic (exact) mass is 380 g/mol. The number of halogens is 1. The average Bonchev–Trinajstić information content (AvgIpc) is 3.41. The maximum Gasteiger partial charge on any atom is 0.354 e. The zero-order valence-electron chi connectivity index (χ0n) is 15.0. The number of nitrogens with one attached hydrogen (secondary N) is 1. The lowest BCUT2D eigenvalue weighted by molar-refractivity contribution is 0.0691. The van der Waals surface area contributed by atoms with Crippen LogP contribution in [0.4, 0.5) is 4.39 Å². The molecule has 4 rings (SSSR count). The smallest absolute Gasteiger partial charge is 0.354 e. The maximum absolute atomic E-state index is 13.3. The molecule has 2 N–H and O–H groups in total. The highest BCUT2D eigenvalue weighted by Crippen LogP contribution is 2.33. The zero-order valence-corrected chi connectivity index (χ0v) is 15.0. The Balaban J connectivity index is 1.85. The predicted molar refractivity (Wildman–Crippen MR) is 99.2 cm³/mol. The molecule has 0 unspecified atom stereocenters. The van der Waals surface area contributed by atoms with Gasteiger partial charge in [0.05, 0.1) is 42.2 Å². The quantitative estimate of drug-likeness (QED) is 0.535. The molecule has 1 aromatic carbocycles. The van der Waals surface area contributed by atoms with Gasteiger partial charge in [0, 0.05) is 23.9 Å². The van der Waals surface area contributed by atoms with Crippen LogP contribution in [0.5, 0.6) is 0 Å². The van der Waals surface area contributed by atoms with Crippen molar-refractivity contribution in [1.82, 2.24) is 29.5 Å². The number of hydrogen-bond acceptors (Lipinski definition) is 4. The third-order valence-corrected chi connectivity index (χ3v) is 4.43. The summed E-state index contributed by atoms with van der Waals surface area (Å²) in [5, 5.41) is 20.2. The Labute approximate surface area is 159 Å². The number of nitrogens with zero attached hydrogens (tertiary/aromatic N) is 5. The van der Waals surface area contributed by atoms with Crippen LogP contribution < -0.4 is 0 Å². The van der Waals surface area contributed by atoms with E-state index in [-0.39, 0.29) is 11.5 Å². The number of imidazole rings is 1. The Morgan fingerprint density at radius 2 is 2.04 bits per heavy atom. The van der Waals surface area contributed by atoms with Crippen LogP contribution in [0.25, 0.3) is 22.5 Å². The fraction of sp³-hybridized carbons (Fsp3) is 0.158. The number of aryl methyl sites for hydroxylation is 1. The van der Waals surface area contributed by atoms with Crippen molar-refractivity contribution in [2.24, 2.45) is 0 Å². The van der Waals surface area contributed by atoms with Gasteiger partial charge in [-0.2, -0.15) is 10.2 Å². The van der Waals surface area contributed by atoms with Gasteiger partial charge in [-0.3, -0.25) is 9.78 Å². The number of aromatic nitrogens is 6. The molecule has 0 aliphatic carbocycles. The van der Waals surface area contributed by atoms with Crippen LogP contribution in [0.3, 0.4) is 0 Å². The van der Waals surface area contributed by atoms with E-state index in [4.69, 9.17) is 0 Å². The van der Waals surface area contributed by atoms with E-state index >= 15 is 0 Å². The molecule has 28 heavy (non-hydrogen) atoms. The van der Waals surface area contributed by atoms with Gasteiger partial charge in [0.25, 0.3) is 0 Å². The van der Waals surface area contributed by atoms with Gasteiger partial charge in [0.2, 0.25) is 0 Å². The summed E-state index contributed by atoms with van der Waals surface area (Å²) in [6, 6.07) is 5.91. The largest absolute Gasteiger partial charge is 0.477 e. The van der Waals surface area contributed by atoms with Crippen LogP contribution in [-0.2, 0) is 13.1 Å². The summed E-state index contributed by atoms with van der Waals surface area (Å²) in [6.45, 7) is 3.20. The van der Waals surface area contributed by atoms with Crippen molar-refractivity contribution in [3.05, 3.63) is 66.3 Å². The number of carbonyl (C=O) groups is 1. The zero-order chi connectivity index (χ0) is 19.7. The first-order valence-electron chi connectivity index (χ1n) is 8.66. The van der Waals surface area contributed by atoms with Gasteiger partial charge < -0.3 is 9.67 Å². The molecule has 3 heterocycles. The van der Waals surface area contributed by atoms with Gasteiger partial charge in [-0.1, -0.05) is 0 Å². The van der Waals surface area contributed by atoms with E-state index in [1.807, 2.05) is 22.4 Å². The molecular weight excluding hydrogens is 363 g/mol. The van der Waals surface area contributed by atoms with Crippen molar-refractivity contribution in [3.63, 3.8) is 0 Å². The summed E-state index contributed by atoms with van der Waals surface area (Å²) in [5.74, 6) is -1.48. The molecule has 0 amide bonds. The predicted octanol–water partition coefficient (Wildman–Crippen LogP) is 3.04. The van der Waals surface area contributed by atoms with Gasteiger partial charge in [-0.05, 0) is 31.2 Å². The first kappa shape index (κ1) is 17.7. The molecule has 3 aromatic heterocycles. The van der Waals surface area contributed by atoms with Gasteiger partial charge in [-0.15, -0.1) is 0 Å². The Morgan fingerprint density at radius 1 is 1.25 bits per heavy atom. The molecule has 0 fully saturated rings. The fourth-order valence-corrected chi connectivity index (χ4v) is 3.09. The Morgan fingerprint density at radius 3 is 2.71 bits per heavy atom. The van der Waals surface area contributed by atoms with E-state index in [1.54, 1.807) is 24.7 Å². The van der Waals surface area contributed by atoms with Crippen LogP contribution in [-0.4, -0.2) is 40.6 Å². The lowest BCUT2D eigenvalue weighted by Gasteiger charge is -2.09. The maximum atomic E-state index is 13.3. The molecule has 0 saturated heterocycles. The molecule has 0 saturated carbocycles. The Kier molecular flexibility index (Phi) is 4.48. The van der Waals surface area contributed by atoms with Gasteiger partial charge in [0.1, 0.15) is 5.82 Å².